The van der Waals surface area contributed by atoms with Gasteiger partial charge < -0.3 is 9.64 Å². The van der Waals surface area contributed by atoms with E-state index in [1.807, 2.05) is 4.90 Å². The van der Waals surface area contributed by atoms with Crippen molar-refractivity contribution >= 4 is 23.2 Å². The lowest BCUT2D eigenvalue weighted by atomic mass is 9.93. The number of anilines is 2. The lowest BCUT2D eigenvalue weighted by Crippen LogP contribution is -2.39. The molecule has 5 rings (SSSR count). The molecule has 0 aromatic heterocycles. The summed E-state index contributed by atoms with van der Waals surface area (Å²) in [5.41, 5.74) is 1.72. The van der Waals surface area contributed by atoms with Crippen molar-refractivity contribution in [2.24, 2.45) is 0 Å². The summed E-state index contributed by atoms with van der Waals surface area (Å²) in [6.45, 7) is 4.37. The number of ether oxygens (including phenoxy) is 1. The first-order valence-corrected chi connectivity index (χ1v) is 9.50. The summed E-state index contributed by atoms with van der Waals surface area (Å²) in [5.74, 6) is 1.45. The molecular formula is C22H19FN2O3. The van der Waals surface area contributed by atoms with Crippen molar-refractivity contribution in [2.45, 2.75) is 44.1 Å². The van der Waals surface area contributed by atoms with Gasteiger partial charge in [-0.25, -0.2) is 9.29 Å². The van der Waals surface area contributed by atoms with E-state index >= 15 is 4.39 Å². The lowest BCUT2D eigenvalue weighted by molar-refractivity contribution is -0.120. The predicted octanol–water partition coefficient (Wildman–Crippen LogP) is 3.45. The Kier molecular flexibility index (Phi) is 3.48. The number of hydrogen-bond acceptors (Lipinski definition) is 4. The van der Waals surface area contributed by atoms with E-state index in [-0.39, 0.29) is 12.2 Å². The standard InChI is InChI=1S/C22H19FN2O3/c1-3-10-24-13(2)22(8-9-22)28-19-11-16(23)17(12-18(19)24)25-20(26)14-6-4-5-7-15(14)21(25)27/h1,11-12H,2,4-10H2. The Hall–Kier alpha value is -3.07. The van der Waals surface area contributed by atoms with Gasteiger partial charge in [0.05, 0.1) is 23.6 Å². The van der Waals surface area contributed by atoms with Gasteiger partial charge in [0.15, 0.2) is 5.82 Å². The van der Waals surface area contributed by atoms with Crippen LogP contribution in [0.1, 0.15) is 38.5 Å². The van der Waals surface area contributed by atoms with Crippen LogP contribution in [0, 0.1) is 18.2 Å². The highest BCUT2D eigenvalue weighted by atomic mass is 19.1. The molecule has 0 atom stereocenters. The largest absolute Gasteiger partial charge is 0.479 e. The Morgan fingerprint density at radius 2 is 1.79 bits per heavy atom. The second-order valence-electron chi connectivity index (χ2n) is 7.71. The third-order valence-electron chi connectivity index (χ3n) is 6.06. The highest BCUT2D eigenvalue weighted by Gasteiger charge is 2.54. The van der Waals surface area contributed by atoms with E-state index in [0.29, 0.717) is 35.4 Å². The average Bonchev–Trinajstić information content (AvgIpc) is 3.41. The van der Waals surface area contributed by atoms with Crippen molar-refractivity contribution in [1.29, 1.82) is 0 Å². The molecule has 28 heavy (non-hydrogen) atoms. The minimum Gasteiger partial charge on any atom is -0.479 e. The highest BCUT2D eigenvalue weighted by molar-refractivity contribution is 6.33. The maximum atomic E-state index is 15.0. The van der Waals surface area contributed by atoms with Gasteiger partial charge in [0.1, 0.15) is 11.4 Å². The van der Waals surface area contributed by atoms with Crippen LogP contribution in [0.3, 0.4) is 0 Å². The zero-order valence-electron chi connectivity index (χ0n) is 15.4. The van der Waals surface area contributed by atoms with Gasteiger partial charge in [0, 0.05) is 17.2 Å². The van der Waals surface area contributed by atoms with Crippen LogP contribution in [0.5, 0.6) is 5.75 Å². The first-order valence-electron chi connectivity index (χ1n) is 9.50. The number of carbonyl (C=O) groups excluding carboxylic acids is 2. The van der Waals surface area contributed by atoms with E-state index in [4.69, 9.17) is 11.2 Å². The van der Waals surface area contributed by atoms with Crippen LogP contribution in [-0.2, 0) is 9.59 Å². The van der Waals surface area contributed by atoms with Gasteiger partial charge in [-0.3, -0.25) is 9.59 Å². The molecule has 142 valence electrons. The number of halogens is 1. The van der Waals surface area contributed by atoms with Crippen molar-refractivity contribution in [3.63, 3.8) is 0 Å². The Morgan fingerprint density at radius 1 is 1.14 bits per heavy atom. The fourth-order valence-corrected chi connectivity index (χ4v) is 4.39. The number of fused-ring (bicyclic) bond motifs is 1. The smallest absolute Gasteiger partial charge is 0.261 e. The highest BCUT2D eigenvalue weighted by Crippen LogP contribution is 2.54. The van der Waals surface area contributed by atoms with Crippen molar-refractivity contribution in [1.82, 2.24) is 0 Å². The fourth-order valence-electron chi connectivity index (χ4n) is 4.39. The molecule has 5 nitrogen and oxygen atoms in total. The third kappa shape index (κ3) is 2.19. The number of benzene rings is 1. The topological polar surface area (TPSA) is 49.9 Å². The van der Waals surface area contributed by atoms with Crippen LogP contribution >= 0.6 is 0 Å². The van der Waals surface area contributed by atoms with E-state index in [1.54, 1.807) is 0 Å². The molecule has 2 heterocycles. The Bertz CT molecular complexity index is 1000. The van der Waals surface area contributed by atoms with Crippen LogP contribution in [-0.4, -0.2) is 24.0 Å². The number of terminal acetylenes is 1. The summed E-state index contributed by atoms with van der Waals surface area (Å²) >= 11 is 0. The quantitative estimate of drug-likeness (QED) is 0.584. The molecule has 0 bridgehead atoms. The summed E-state index contributed by atoms with van der Waals surface area (Å²) < 4.78 is 21.0. The van der Waals surface area contributed by atoms with E-state index in [0.717, 1.165) is 36.3 Å². The number of rotatable bonds is 2. The van der Waals surface area contributed by atoms with E-state index in [9.17, 15) is 9.59 Å². The van der Waals surface area contributed by atoms with Crippen molar-refractivity contribution in [3.05, 3.63) is 41.4 Å². The van der Waals surface area contributed by atoms with E-state index in [1.165, 1.54) is 12.1 Å². The summed E-state index contributed by atoms with van der Waals surface area (Å²) in [7, 11) is 0. The molecular weight excluding hydrogens is 359 g/mol. The average molecular weight is 378 g/mol. The Balaban J connectivity index is 1.60. The van der Waals surface area contributed by atoms with Crippen LogP contribution in [0.4, 0.5) is 15.8 Å². The first kappa shape index (κ1) is 17.1. The van der Waals surface area contributed by atoms with Crippen molar-refractivity contribution < 1.29 is 18.7 Å². The molecule has 1 spiro atoms. The second kappa shape index (κ2) is 5.71. The molecule has 2 amide bonds. The predicted molar refractivity (Wildman–Crippen MR) is 102 cm³/mol. The van der Waals surface area contributed by atoms with Gasteiger partial charge in [-0.1, -0.05) is 12.5 Å². The molecule has 1 fully saturated rings. The monoisotopic (exact) mass is 378 g/mol. The molecule has 0 saturated heterocycles. The summed E-state index contributed by atoms with van der Waals surface area (Å²) in [6, 6.07) is 2.73. The number of carbonyl (C=O) groups is 2. The van der Waals surface area contributed by atoms with Crippen molar-refractivity contribution in [2.75, 3.05) is 16.3 Å². The minimum atomic E-state index is -0.663. The molecule has 1 aromatic rings. The Morgan fingerprint density at radius 3 is 2.36 bits per heavy atom. The zero-order chi connectivity index (χ0) is 19.6. The summed E-state index contributed by atoms with van der Waals surface area (Å²) in [5, 5.41) is 0. The molecule has 2 aliphatic carbocycles. The second-order valence-corrected chi connectivity index (χ2v) is 7.71. The summed E-state index contributed by atoms with van der Waals surface area (Å²) in [6.07, 6.45) is 9.99. The lowest BCUT2D eigenvalue weighted by Gasteiger charge is -2.38. The number of hydrogen-bond donors (Lipinski definition) is 0. The Labute approximate surface area is 162 Å². The van der Waals surface area contributed by atoms with Gasteiger partial charge >= 0.3 is 0 Å². The van der Waals surface area contributed by atoms with Crippen LogP contribution in [0.25, 0.3) is 0 Å². The maximum Gasteiger partial charge on any atom is 0.261 e. The number of nitrogens with zero attached hydrogens (tertiary/aromatic N) is 2. The molecule has 2 aliphatic heterocycles. The molecule has 0 unspecified atom stereocenters. The summed E-state index contributed by atoms with van der Waals surface area (Å²) in [4.78, 5) is 28.5. The number of imide groups is 1. The van der Waals surface area contributed by atoms with Gasteiger partial charge in [-0.05, 0) is 44.6 Å². The molecule has 6 heteroatoms. The van der Waals surface area contributed by atoms with Gasteiger partial charge in [0.2, 0.25) is 0 Å². The van der Waals surface area contributed by atoms with Crippen LogP contribution < -0.4 is 14.5 Å². The minimum absolute atomic E-state index is 0.0617. The molecule has 1 saturated carbocycles. The first-order chi connectivity index (χ1) is 13.5. The molecule has 0 N–H and O–H groups in total. The normalized spacial score (nSPS) is 22.2. The van der Waals surface area contributed by atoms with E-state index in [2.05, 4.69) is 12.5 Å². The SMILES string of the molecule is C#CCN1C(=C)C2(CC2)Oc2cc(F)c(N3C(=O)C4=C(CCCC4)C3=O)cc21. The maximum absolute atomic E-state index is 15.0. The number of amides is 2. The van der Waals surface area contributed by atoms with Crippen LogP contribution in [0.15, 0.2) is 35.6 Å². The van der Waals surface area contributed by atoms with Gasteiger partial charge in [-0.2, -0.15) is 0 Å². The molecule has 0 radical (unpaired) electrons. The van der Waals surface area contributed by atoms with E-state index < -0.39 is 23.2 Å². The van der Waals surface area contributed by atoms with Crippen LogP contribution in [0.2, 0.25) is 0 Å². The third-order valence-corrected chi connectivity index (χ3v) is 6.06. The van der Waals surface area contributed by atoms with Gasteiger partial charge in [0.25, 0.3) is 11.8 Å². The molecule has 4 aliphatic rings. The van der Waals surface area contributed by atoms with Gasteiger partial charge in [-0.15, -0.1) is 6.42 Å². The van der Waals surface area contributed by atoms with Crippen molar-refractivity contribution in [3.8, 4) is 18.1 Å². The zero-order valence-corrected chi connectivity index (χ0v) is 15.4. The fraction of sp³-hybridized carbons (Fsp3) is 0.364. The molecule has 1 aromatic carbocycles.